The largest absolute Gasteiger partial charge is 0.487 e. The van der Waals surface area contributed by atoms with Crippen molar-refractivity contribution >= 4 is 25.0 Å². The van der Waals surface area contributed by atoms with E-state index in [1.807, 2.05) is 0 Å². The number of aliphatic hydroxyl groups is 1. The van der Waals surface area contributed by atoms with Gasteiger partial charge in [-0.3, -0.25) is 0 Å². The molecule has 3 atom stereocenters. The molecule has 0 spiro atoms. The third-order valence-corrected chi connectivity index (χ3v) is 28.3. The number of rotatable bonds is 14. The molecule has 0 bridgehead atoms. The van der Waals surface area contributed by atoms with Crippen LogP contribution in [0.15, 0.2) is 11.8 Å². The molecule has 8 heteroatoms. The number of hydrogen-bond donors (Lipinski definition) is 1. The van der Waals surface area contributed by atoms with E-state index in [0.717, 1.165) is 25.7 Å². The van der Waals surface area contributed by atoms with Crippen LogP contribution in [0.5, 0.6) is 0 Å². The van der Waals surface area contributed by atoms with Crippen molar-refractivity contribution < 1.29 is 23.1 Å². The molecule has 5 nitrogen and oxygen atoms in total. The minimum absolute atomic E-state index is 0.0395. The van der Waals surface area contributed by atoms with Crippen molar-refractivity contribution in [3.8, 4) is 0 Å². The quantitative estimate of drug-likeness (QED) is 0.189. The van der Waals surface area contributed by atoms with Crippen LogP contribution in [0.4, 0.5) is 0 Å². The van der Waals surface area contributed by atoms with Crippen molar-refractivity contribution in [1.29, 1.82) is 0 Å². The number of ether oxygens (including phenoxy) is 1. The summed E-state index contributed by atoms with van der Waals surface area (Å²) in [6, 6.07) is 0. The van der Waals surface area contributed by atoms with Gasteiger partial charge < -0.3 is 23.1 Å². The SMILES string of the molecule is CC(C)[Si](OC[C@H]1OC(C2(O)CCCC2)=C[C@@H](O[Si](C)(C)C(C)(C)C)[C@@H]1O[Si](C(C)C)(C(C)C)C(C)C)(C(C)C)C(C)C. The minimum Gasteiger partial charge on any atom is -0.487 e. The molecule has 0 radical (unpaired) electrons. The normalized spacial score (nSPS) is 24.2. The van der Waals surface area contributed by atoms with E-state index in [1.54, 1.807) is 0 Å². The fraction of sp³-hybridized carbons (Fsp3) is 0.943. The number of hydrogen-bond acceptors (Lipinski definition) is 5. The van der Waals surface area contributed by atoms with Gasteiger partial charge in [-0.1, -0.05) is 104 Å². The van der Waals surface area contributed by atoms with Gasteiger partial charge in [0.05, 0.1) is 12.7 Å². The molecular weight excluding hydrogens is 585 g/mol. The summed E-state index contributed by atoms with van der Waals surface area (Å²) in [5.41, 5.74) is 1.77. The summed E-state index contributed by atoms with van der Waals surface area (Å²) < 4.78 is 29.2. The molecule has 1 aliphatic carbocycles. The summed E-state index contributed by atoms with van der Waals surface area (Å²) in [6.07, 6.45) is 4.70. The maximum atomic E-state index is 11.9. The third kappa shape index (κ3) is 7.95. The first-order valence-corrected chi connectivity index (χ1v) is 24.8. The Balaban J connectivity index is 2.77. The van der Waals surface area contributed by atoms with Gasteiger partial charge in [0.1, 0.15) is 23.6 Å². The van der Waals surface area contributed by atoms with Crippen LogP contribution >= 0.6 is 0 Å². The maximum absolute atomic E-state index is 11.9. The predicted molar refractivity (Wildman–Crippen MR) is 191 cm³/mol. The van der Waals surface area contributed by atoms with E-state index in [1.165, 1.54) is 0 Å². The highest BCUT2D eigenvalue weighted by Crippen LogP contribution is 2.49. The lowest BCUT2D eigenvalue weighted by atomic mass is 9.94. The van der Waals surface area contributed by atoms with Gasteiger partial charge in [0, 0.05) is 0 Å². The lowest BCUT2D eigenvalue weighted by Gasteiger charge is -2.51. The van der Waals surface area contributed by atoms with Gasteiger partial charge in [0.15, 0.2) is 8.32 Å². The molecule has 0 amide bonds. The van der Waals surface area contributed by atoms with Gasteiger partial charge >= 0.3 is 0 Å². The van der Waals surface area contributed by atoms with Crippen LogP contribution in [0.1, 0.15) is 130 Å². The van der Waals surface area contributed by atoms with Gasteiger partial charge in [0.25, 0.3) is 0 Å². The molecule has 0 aromatic heterocycles. The highest BCUT2D eigenvalue weighted by molar-refractivity contribution is 6.78. The third-order valence-electron chi connectivity index (χ3n) is 11.7. The van der Waals surface area contributed by atoms with Crippen LogP contribution in [-0.4, -0.2) is 60.6 Å². The Bertz CT molecular complexity index is 869. The van der Waals surface area contributed by atoms with Crippen molar-refractivity contribution in [3.05, 3.63) is 11.8 Å². The van der Waals surface area contributed by atoms with Crippen molar-refractivity contribution in [2.45, 2.75) is 205 Å². The van der Waals surface area contributed by atoms with E-state index in [4.69, 9.17) is 18.0 Å². The predicted octanol–water partition coefficient (Wildman–Crippen LogP) is 10.7. The van der Waals surface area contributed by atoms with Crippen LogP contribution in [-0.2, 0) is 18.0 Å². The van der Waals surface area contributed by atoms with Crippen LogP contribution < -0.4 is 0 Å². The second-order valence-electron chi connectivity index (χ2n) is 17.3. The molecule has 1 saturated carbocycles. The molecule has 0 unspecified atom stereocenters. The molecular formula is C35H72O5Si3. The van der Waals surface area contributed by atoms with Gasteiger partial charge in [-0.25, -0.2) is 0 Å². The Kier molecular flexibility index (Phi) is 13.2. The van der Waals surface area contributed by atoms with Crippen LogP contribution in [0.2, 0.25) is 51.4 Å². The Hall–Kier alpha value is 0.0306. The molecule has 2 rings (SSSR count). The molecule has 1 aliphatic heterocycles. The molecule has 43 heavy (non-hydrogen) atoms. The lowest BCUT2D eigenvalue weighted by molar-refractivity contribution is -0.109. The van der Waals surface area contributed by atoms with E-state index in [2.05, 4.69) is 123 Å². The van der Waals surface area contributed by atoms with Crippen molar-refractivity contribution in [2.24, 2.45) is 0 Å². The van der Waals surface area contributed by atoms with Crippen molar-refractivity contribution in [3.63, 3.8) is 0 Å². The molecule has 2 aliphatic rings. The van der Waals surface area contributed by atoms with E-state index in [-0.39, 0.29) is 23.4 Å². The standard InChI is InChI=1S/C35H72O5Si3/c1-24(2)42(25(3)4,26(5)6)37-23-31-33(40-43(27(7)8,28(9)10)29(11)12)30(39-41(16,17)34(13,14)15)22-32(38-31)35(36)20-18-19-21-35/h22,24-31,33,36H,18-21,23H2,1-17H3/t30-,31-,33+/m1/s1. The van der Waals surface area contributed by atoms with Crippen LogP contribution in [0.3, 0.4) is 0 Å². The molecule has 254 valence electrons. The summed E-state index contributed by atoms with van der Waals surface area (Å²) >= 11 is 0. The molecule has 0 aromatic carbocycles. The maximum Gasteiger partial charge on any atom is 0.201 e. The monoisotopic (exact) mass is 656 g/mol. The fourth-order valence-corrected chi connectivity index (χ4v) is 20.7. The first-order valence-electron chi connectivity index (χ1n) is 17.6. The molecule has 1 N–H and O–H groups in total. The Morgan fingerprint density at radius 3 is 1.56 bits per heavy atom. The summed E-state index contributed by atoms with van der Waals surface area (Å²) in [7, 11) is -6.69. The van der Waals surface area contributed by atoms with Gasteiger partial charge in [-0.15, -0.1) is 0 Å². The first kappa shape index (κ1) is 39.2. The molecule has 0 aromatic rings. The van der Waals surface area contributed by atoms with Crippen molar-refractivity contribution in [2.75, 3.05) is 6.61 Å². The van der Waals surface area contributed by atoms with Crippen LogP contribution in [0.25, 0.3) is 0 Å². The zero-order chi connectivity index (χ0) is 33.3. The average Bonchev–Trinajstić information content (AvgIpc) is 3.29. The van der Waals surface area contributed by atoms with E-state index >= 15 is 0 Å². The summed E-state index contributed by atoms with van der Waals surface area (Å²) in [5, 5.41) is 11.9. The minimum atomic E-state index is -2.31. The van der Waals surface area contributed by atoms with Crippen LogP contribution in [0, 0.1) is 0 Å². The summed E-state index contributed by atoms with van der Waals surface area (Å²) in [6.45, 7) is 40.2. The van der Waals surface area contributed by atoms with Gasteiger partial charge in [0.2, 0.25) is 16.6 Å². The smallest absolute Gasteiger partial charge is 0.201 e. The first-order chi connectivity index (χ1) is 19.5. The summed E-state index contributed by atoms with van der Waals surface area (Å²) in [4.78, 5) is 0. The van der Waals surface area contributed by atoms with Gasteiger partial charge in [-0.05, 0) is 83.1 Å². The molecule has 1 heterocycles. The van der Waals surface area contributed by atoms with E-state index in [9.17, 15) is 5.11 Å². The lowest BCUT2D eigenvalue weighted by Crippen LogP contribution is -2.61. The Morgan fingerprint density at radius 1 is 0.767 bits per heavy atom. The van der Waals surface area contributed by atoms with E-state index in [0.29, 0.717) is 45.6 Å². The second kappa shape index (κ2) is 14.4. The van der Waals surface area contributed by atoms with Gasteiger partial charge in [-0.2, -0.15) is 0 Å². The van der Waals surface area contributed by atoms with Crippen molar-refractivity contribution in [1.82, 2.24) is 0 Å². The highest BCUT2D eigenvalue weighted by atomic mass is 28.4. The molecule has 0 saturated heterocycles. The Labute approximate surface area is 270 Å². The highest BCUT2D eigenvalue weighted by Gasteiger charge is 2.54. The average molecular weight is 657 g/mol. The topological polar surface area (TPSA) is 57.2 Å². The zero-order valence-corrected chi connectivity index (χ0v) is 34.4. The van der Waals surface area contributed by atoms with E-state index < -0.39 is 30.6 Å². The Morgan fingerprint density at radius 2 is 1.19 bits per heavy atom. The zero-order valence-electron chi connectivity index (χ0n) is 31.4. The fourth-order valence-electron chi connectivity index (χ4n) is 8.46. The second-order valence-corrected chi connectivity index (χ2v) is 32.9. The summed E-state index contributed by atoms with van der Waals surface area (Å²) in [5.74, 6) is 0.693. The molecule has 1 fully saturated rings.